The molecule has 3 heterocycles. The molecule has 0 aliphatic rings. The van der Waals surface area contributed by atoms with Gasteiger partial charge >= 0.3 is 0 Å². The van der Waals surface area contributed by atoms with E-state index >= 15 is 0 Å². The predicted octanol–water partition coefficient (Wildman–Crippen LogP) is 1.80. The Kier molecular flexibility index (Phi) is 1.98. The molecule has 0 amide bonds. The van der Waals surface area contributed by atoms with E-state index in [2.05, 4.69) is 28.3 Å². The van der Waals surface area contributed by atoms with E-state index in [1.54, 1.807) is 0 Å². The van der Waals surface area contributed by atoms with Gasteiger partial charge in [0.05, 0.1) is 5.69 Å². The summed E-state index contributed by atoms with van der Waals surface area (Å²) in [6.07, 6.45) is 2.77. The Hall–Kier alpha value is -1.91. The summed E-state index contributed by atoms with van der Waals surface area (Å²) in [7, 11) is 1.94. The molecule has 17 heavy (non-hydrogen) atoms. The summed E-state index contributed by atoms with van der Waals surface area (Å²) < 4.78 is 3.97. The molecule has 5 heteroatoms. The quantitative estimate of drug-likeness (QED) is 0.639. The fraction of sp³-hybridized carbons (Fsp3) is 0.417. The van der Waals surface area contributed by atoms with Gasteiger partial charge in [-0.3, -0.25) is 9.08 Å². The zero-order chi connectivity index (χ0) is 12.2. The zero-order valence-corrected chi connectivity index (χ0v) is 10.5. The molecule has 0 N–H and O–H groups in total. The molecule has 0 saturated carbocycles. The first-order chi connectivity index (χ1) is 8.13. The number of nitrogens with zero attached hydrogens (tertiary/aromatic N) is 5. The first-order valence-electron chi connectivity index (χ1n) is 5.79. The fourth-order valence-electron chi connectivity index (χ4n) is 2.38. The summed E-state index contributed by atoms with van der Waals surface area (Å²) in [4.78, 5) is 9.21. The smallest absolute Gasteiger partial charge is 0.166 e. The minimum atomic E-state index is 0.887. The molecule has 5 nitrogen and oxygen atoms in total. The topological polar surface area (TPSA) is 48.0 Å². The van der Waals surface area contributed by atoms with Crippen molar-refractivity contribution in [2.24, 2.45) is 7.05 Å². The number of aryl methyl sites for hydroxylation is 4. The SMILES string of the molecule is CCc1nc2c(C)nn(C)c2c2ncc(C)n12. The molecule has 0 spiro atoms. The Morgan fingerprint density at radius 2 is 2.06 bits per heavy atom. The van der Waals surface area contributed by atoms with E-state index in [-0.39, 0.29) is 0 Å². The Labute approximate surface area is 99.1 Å². The normalized spacial score (nSPS) is 11.8. The highest BCUT2D eigenvalue weighted by atomic mass is 15.3. The molecular weight excluding hydrogens is 214 g/mol. The summed E-state index contributed by atoms with van der Waals surface area (Å²) in [5.41, 5.74) is 4.99. The molecule has 0 aromatic carbocycles. The predicted molar refractivity (Wildman–Crippen MR) is 66.1 cm³/mol. The number of fused-ring (bicyclic) bond motifs is 3. The van der Waals surface area contributed by atoms with Gasteiger partial charge in [0.25, 0.3) is 0 Å². The molecule has 0 aliphatic carbocycles. The summed E-state index contributed by atoms with van der Waals surface area (Å²) >= 11 is 0. The third kappa shape index (κ3) is 1.22. The molecule has 3 rings (SSSR count). The molecule has 88 valence electrons. The molecule has 0 fully saturated rings. The van der Waals surface area contributed by atoms with Gasteiger partial charge in [-0.1, -0.05) is 6.92 Å². The number of aromatic nitrogens is 5. The Balaban J connectivity index is 2.62. The van der Waals surface area contributed by atoms with Crippen molar-refractivity contribution in [1.29, 1.82) is 0 Å². The van der Waals surface area contributed by atoms with Gasteiger partial charge in [-0.2, -0.15) is 5.10 Å². The van der Waals surface area contributed by atoms with Crippen LogP contribution in [0.25, 0.3) is 16.7 Å². The van der Waals surface area contributed by atoms with Crippen molar-refractivity contribution in [1.82, 2.24) is 24.1 Å². The molecule has 3 aromatic rings. The van der Waals surface area contributed by atoms with Crippen molar-refractivity contribution < 1.29 is 0 Å². The lowest BCUT2D eigenvalue weighted by atomic mass is 10.3. The molecule has 0 bridgehead atoms. The van der Waals surface area contributed by atoms with Crippen molar-refractivity contribution in [2.45, 2.75) is 27.2 Å². The largest absolute Gasteiger partial charge is 0.283 e. The molecule has 3 aromatic heterocycles. The first-order valence-corrected chi connectivity index (χ1v) is 5.79. The van der Waals surface area contributed by atoms with Crippen LogP contribution in [-0.4, -0.2) is 24.1 Å². The van der Waals surface area contributed by atoms with Crippen molar-refractivity contribution in [3.63, 3.8) is 0 Å². The van der Waals surface area contributed by atoms with Crippen molar-refractivity contribution in [3.8, 4) is 0 Å². The minimum Gasteiger partial charge on any atom is -0.283 e. The average molecular weight is 229 g/mol. The van der Waals surface area contributed by atoms with Gasteiger partial charge in [-0.15, -0.1) is 0 Å². The van der Waals surface area contributed by atoms with Gasteiger partial charge in [0.1, 0.15) is 16.9 Å². The van der Waals surface area contributed by atoms with Crippen molar-refractivity contribution >= 4 is 16.7 Å². The Morgan fingerprint density at radius 3 is 2.76 bits per heavy atom. The van der Waals surface area contributed by atoms with E-state index in [1.165, 1.54) is 0 Å². The second-order valence-corrected chi connectivity index (χ2v) is 4.35. The number of hydrogen-bond donors (Lipinski definition) is 0. The van der Waals surface area contributed by atoms with E-state index in [9.17, 15) is 0 Å². The van der Waals surface area contributed by atoms with Crippen LogP contribution in [0, 0.1) is 13.8 Å². The summed E-state index contributed by atoms with van der Waals surface area (Å²) in [6, 6.07) is 0. The Morgan fingerprint density at radius 1 is 1.29 bits per heavy atom. The maximum absolute atomic E-state index is 4.71. The van der Waals surface area contributed by atoms with Crippen LogP contribution in [0.5, 0.6) is 0 Å². The minimum absolute atomic E-state index is 0.887. The lowest BCUT2D eigenvalue weighted by Gasteiger charge is -2.05. The number of rotatable bonds is 1. The van der Waals surface area contributed by atoms with Crippen LogP contribution in [-0.2, 0) is 13.5 Å². The van der Waals surface area contributed by atoms with Crippen LogP contribution in [0.2, 0.25) is 0 Å². The van der Waals surface area contributed by atoms with E-state index in [0.29, 0.717) is 0 Å². The van der Waals surface area contributed by atoms with Crippen LogP contribution in [0.1, 0.15) is 24.1 Å². The van der Waals surface area contributed by atoms with Gasteiger partial charge in [0, 0.05) is 25.4 Å². The highest BCUT2D eigenvalue weighted by Crippen LogP contribution is 2.22. The highest BCUT2D eigenvalue weighted by Gasteiger charge is 2.15. The monoisotopic (exact) mass is 229 g/mol. The number of imidazole rings is 1. The standard InChI is InChI=1S/C12H15N5/c1-5-9-14-10-8(3)15-16(4)11(10)12-13-6-7(2)17(9)12/h6H,5H2,1-4H3. The summed E-state index contributed by atoms with van der Waals surface area (Å²) in [5, 5.41) is 4.43. The molecule has 0 saturated heterocycles. The third-order valence-corrected chi connectivity index (χ3v) is 3.16. The van der Waals surface area contributed by atoms with E-state index in [4.69, 9.17) is 4.98 Å². The van der Waals surface area contributed by atoms with Gasteiger partial charge in [0.2, 0.25) is 0 Å². The average Bonchev–Trinajstić information content (AvgIpc) is 2.81. The molecule has 0 unspecified atom stereocenters. The lowest BCUT2D eigenvalue weighted by Crippen LogP contribution is -2.03. The zero-order valence-electron chi connectivity index (χ0n) is 10.5. The highest BCUT2D eigenvalue weighted by molar-refractivity contribution is 5.90. The van der Waals surface area contributed by atoms with Crippen LogP contribution in [0.15, 0.2) is 6.20 Å². The van der Waals surface area contributed by atoms with Crippen LogP contribution in [0.3, 0.4) is 0 Å². The van der Waals surface area contributed by atoms with Crippen molar-refractivity contribution in [3.05, 3.63) is 23.4 Å². The summed E-state index contributed by atoms with van der Waals surface area (Å²) in [6.45, 7) is 6.15. The maximum atomic E-state index is 4.71. The van der Waals surface area contributed by atoms with Crippen molar-refractivity contribution in [2.75, 3.05) is 0 Å². The summed E-state index contributed by atoms with van der Waals surface area (Å²) in [5.74, 6) is 1.04. The molecule has 0 radical (unpaired) electrons. The second-order valence-electron chi connectivity index (χ2n) is 4.35. The fourth-order valence-corrected chi connectivity index (χ4v) is 2.38. The maximum Gasteiger partial charge on any atom is 0.166 e. The second kappa shape index (κ2) is 3.29. The lowest BCUT2D eigenvalue weighted by molar-refractivity contribution is 0.782. The van der Waals surface area contributed by atoms with E-state index in [0.717, 1.165) is 40.3 Å². The molecular formula is C12H15N5. The Bertz CT molecular complexity index is 719. The first kappa shape index (κ1) is 10.3. The number of hydrogen-bond acceptors (Lipinski definition) is 3. The molecule has 0 atom stereocenters. The van der Waals surface area contributed by atoms with Gasteiger partial charge in [-0.05, 0) is 13.8 Å². The molecule has 0 aliphatic heterocycles. The van der Waals surface area contributed by atoms with E-state index < -0.39 is 0 Å². The van der Waals surface area contributed by atoms with Gasteiger partial charge in [0.15, 0.2) is 5.65 Å². The van der Waals surface area contributed by atoms with Crippen LogP contribution >= 0.6 is 0 Å². The third-order valence-electron chi connectivity index (χ3n) is 3.16. The van der Waals surface area contributed by atoms with Gasteiger partial charge in [-0.25, -0.2) is 9.97 Å². The van der Waals surface area contributed by atoms with Gasteiger partial charge < -0.3 is 0 Å². The van der Waals surface area contributed by atoms with Crippen LogP contribution < -0.4 is 0 Å². The van der Waals surface area contributed by atoms with E-state index in [1.807, 2.05) is 24.9 Å². The van der Waals surface area contributed by atoms with Crippen LogP contribution in [0.4, 0.5) is 0 Å².